The molecule has 0 aliphatic heterocycles. The van der Waals surface area contributed by atoms with E-state index in [9.17, 15) is 18.0 Å². The average Bonchev–Trinajstić information content (AvgIpc) is 2.40. The van der Waals surface area contributed by atoms with Crippen LogP contribution in [0.3, 0.4) is 0 Å². The summed E-state index contributed by atoms with van der Waals surface area (Å²) in [6.07, 6.45) is -0.120. The Kier molecular flexibility index (Phi) is 5.87. The van der Waals surface area contributed by atoms with Gasteiger partial charge in [0.2, 0.25) is 10.0 Å². The third-order valence-electron chi connectivity index (χ3n) is 2.61. The summed E-state index contributed by atoms with van der Waals surface area (Å²) in [6.45, 7) is 1.45. The molecule has 1 rings (SSSR count). The molecule has 0 aliphatic carbocycles. The van der Waals surface area contributed by atoms with Gasteiger partial charge in [-0.2, -0.15) is 0 Å². The Morgan fingerprint density at radius 2 is 2.00 bits per heavy atom. The minimum atomic E-state index is -3.94. The molecule has 0 saturated carbocycles. The fraction of sp³-hybridized carbons (Fsp3) is 0.333. The number of aromatic carboxylic acids is 1. The first-order chi connectivity index (χ1) is 9.69. The monoisotopic (exact) mass is 379 g/mol. The molecule has 21 heavy (non-hydrogen) atoms. The largest absolute Gasteiger partial charge is 0.478 e. The van der Waals surface area contributed by atoms with Crippen LogP contribution in [0.25, 0.3) is 0 Å². The van der Waals surface area contributed by atoms with Gasteiger partial charge in [-0.15, -0.1) is 0 Å². The molecule has 2 N–H and O–H groups in total. The summed E-state index contributed by atoms with van der Waals surface area (Å²) in [6, 6.07) is 2.42. The van der Waals surface area contributed by atoms with Gasteiger partial charge in [-0.05, 0) is 40.5 Å². The van der Waals surface area contributed by atoms with E-state index < -0.39 is 22.0 Å². The highest BCUT2D eigenvalue weighted by molar-refractivity contribution is 9.10. The van der Waals surface area contributed by atoms with Crippen molar-refractivity contribution in [2.45, 2.75) is 18.2 Å². The van der Waals surface area contributed by atoms with Crippen molar-refractivity contribution >= 4 is 37.9 Å². The molecule has 7 nitrogen and oxygen atoms in total. The molecule has 0 saturated heterocycles. The highest BCUT2D eigenvalue weighted by atomic mass is 79.9. The van der Waals surface area contributed by atoms with Crippen molar-refractivity contribution in [2.24, 2.45) is 0 Å². The highest BCUT2D eigenvalue weighted by Crippen LogP contribution is 2.27. The minimum Gasteiger partial charge on any atom is -0.478 e. The average molecular weight is 380 g/mol. The maximum Gasteiger partial charge on any atom is 0.335 e. The Bertz CT molecular complexity index is 671. The van der Waals surface area contributed by atoms with Gasteiger partial charge in [-0.25, -0.2) is 17.9 Å². The summed E-state index contributed by atoms with van der Waals surface area (Å²) in [4.78, 5) is 21.8. The van der Waals surface area contributed by atoms with Crippen LogP contribution in [-0.4, -0.2) is 39.1 Å². The van der Waals surface area contributed by atoms with Crippen LogP contribution in [0.4, 0.5) is 0 Å². The van der Waals surface area contributed by atoms with Crippen molar-refractivity contribution in [1.29, 1.82) is 0 Å². The Hall–Kier alpha value is -1.45. The first-order valence-electron chi connectivity index (χ1n) is 5.79. The molecule has 0 aliphatic rings. The number of methoxy groups -OCH3 is 1. The van der Waals surface area contributed by atoms with Gasteiger partial charge >= 0.3 is 11.9 Å². The van der Waals surface area contributed by atoms with Crippen LogP contribution in [0, 0.1) is 6.92 Å². The molecule has 0 heterocycles. The van der Waals surface area contributed by atoms with E-state index in [1.165, 1.54) is 13.2 Å². The number of aryl methyl sites for hydroxylation is 1. The van der Waals surface area contributed by atoms with Crippen LogP contribution in [0.2, 0.25) is 0 Å². The summed E-state index contributed by atoms with van der Waals surface area (Å²) >= 11 is 3.13. The second-order valence-corrected chi connectivity index (χ2v) is 6.66. The van der Waals surface area contributed by atoms with Gasteiger partial charge in [-0.1, -0.05) is 0 Å². The van der Waals surface area contributed by atoms with E-state index in [0.29, 0.717) is 5.56 Å². The fourth-order valence-electron chi connectivity index (χ4n) is 1.52. The van der Waals surface area contributed by atoms with Crippen molar-refractivity contribution in [3.63, 3.8) is 0 Å². The van der Waals surface area contributed by atoms with E-state index in [2.05, 4.69) is 25.4 Å². The van der Waals surface area contributed by atoms with Crippen LogP contribution < -0.4 is 4.72 Å². The van der Waals surface area contributed by atoms with Gasteiger partial charge in [0.1, 0.15) is 0 Å². The zero-order valence-electron chi connectivity index (χ0n) is 11.3. The SMILES string of the molecule is COC(=O)CCNS(=O)(=O)c1cc(C(=O)O)cc(C)c1Br. The number of halogens is 1. The number of sulfonamides is 1. The van der Waals surface area contributed by atoms with Gasteiger partial charge < -0.3 is 9.84 Å². The molecule has 1 aromatic rings. The van der Waals surface area contributed by atoms with Gasteiger partial charge in [0.05, 0.1) is 24.0 Å². The molecule has 0 atom stereocenters. The van der Waals surface area contributed by atoms with Crippen LogP contribution in [0.15, 0.2) is 21.5 Å². The van der Waals surface area contributed by atoms with Gasteiger partial charge in [0.25, 0.3) is 0 Å². The van der Waals surface area contributed by atoms with E-state index >= 15 is 0 Å². The van der Waals surface area contributed by atoms with Crippen molar-refractivity contribution in [3.8, 4) is 0 Å². The molecule has 0 spiro atoms. The molecule has 0 bridgehead atoms. The first-order valence-corrected chi connectivity index (χ1v) is 8.06. The lowest BCUT2D eigenvalue weighted by Crippen LogP contribution is -2.27. The van der Waals surface area contributed by atoms with E-state index in [1.54, 1.807) is 6.92 Å². The van der Waals surface area contributed by atoms with E-state index in [0.717, 1.165) is 6.07 Å². The molecule has 9 heteroatoms. The number of carboxylic acids is 1. The van der Waals surface area contributed by atoms with Crippen molar-refractivity contribution in [2.75, 3.05) is 13.7 Å². The van der Waals surface area contributed by atoms with Gasteiger partial charge in [0.15, 0.2) is 0 Å². The zero-order valence-corrected chi connectivity index (χ0v) is 13.7. The lowest BCUT2D eigenvalue weighted by molar-refractivity contribution is -0.140. The molecule has 0 fully saturated rings. The van der Waals surface area contributed by atoms with E-state index in [1.807, 2.05) is 0 Å². The molecule has 0 unspecified atom stereocenters. The standard InChI is InChI=1S/C12H14BrNO6S/c1-7-5-8(12(16)17)6-9(11(7)13)21(18,19)14-4-3-10(15)20-2/h5-6,14H,3-4H2,1-2H3,(H,16,17). The lowest BCUT2D eigenvalue weighted by Gasteiger charge is -2.11. The molecule has 1 aromatic carbocycles. The number of hydrogen-bond acceptors (Lipinski definition) is 5. The number of carboxylic acid groups (broad SMARTS) is 1. The Balaban J connectivity index is 3.07. The smallest absolute Gasteiger partial charge is 0.335 e. The Morgan fingerprint density at radius 3 is 2.52 bits per heavy atom. The lowest BCUT2D eigenvalue weighted by atomic mass is 10.1. The van der Waals surface area contributed by atoms with Gasteiger partial charge in [-0.3, -0.25) is 4.79 Å². The normalized spacial score (nSPS) is 11.2. The number of nitrogens with one attached hydrogen (secondary N) is 1. The maximum absolute atomic E-state index is 12.2. The fourth-order valence-corrected chi connectivity index (χ4v) is 3.60. The number of carbonyl (C=O) groups excluding carboxylic acids is 1. The second-order valence-electron chi connectivity index (χ2n) is 4.13. The number of hydrogen-bond donors (Lipinski definition) is 2. The minimum absolute atomic E-state index is 0.120. The van der Waals surface area contributed by atoms with Crippen molar-refractivity contribution < 1.29 is 27.9 Å². The summed E-state index contributed by atoms with van der Waals surface area (Å²) in [7, 11) is -2.74. The molecular formula is C12H14BrNO6S. The summed E-state index contributed by atoms with van der Waals surface area (Å²) in [5.41, 5.74) is 0.340. The summed E-state index contributed by atoms with van der Waals surface area (Å²) in [5.74, 6) is -1.77. The second kappa shape index (κ2) is 7.01. The molecular weight excluding hydrogens is 366 g/mol. The van der Waals surface area contributed by atoms with Crippen LogP contribution in [0.5, 0.6) is 0 Å². The zero-order chi connectivity index (χ0) is 16.2. The molecule has 0 radical (unpaired) electrons. The number of benzene rings is 1. The quantitative estimate of drug-likeness (QED) is 0.720. The van der Waals surface area contributed by atoms with Crippen molar-refractivity contribution in [3.05, 3.63) is 27.7 Å². The first kappa shape index (κ1) is 17.6. The topological polar surface area (TPSA) is 110 Å². The van der Waals surface area contributed by atoms with Crippen LogP contribution in [-0.2, 0) is 19.6 Å². The summed E-state index contributed by atoms with van der Waals surface area (Å²) < 4.78 is 31.2. The highest BCUT2D eigenvalue weighted by Gasteiger charge is 2.21. The van der Waals surface area contributed by atoms with E-state index in [-0.39, 0.29) is 27.9 Å². The van der Waals surface area contributed by atoms with Crippen molar-refractivity contribution in [1.82, 2.24) is 4.72 Å². The number of esters is 1. The number of carbonyl (C=O) groups is 2. The predicted octanol–water partition coefficient (Wildman–Crippen LogP) is 1.30. The van der Waals surface area contributed by atoms with E-state index in [4.69, 9.17) is 5.11 Å². The third kappa shape index (κ3) is 4.51. The van der Waals surface area contributed by atoms with Crippen LogP contribution in [0.1, 0.15) is 22.3 Å². The number of rotatable bonds is 6. The Morgan fingerprint density at radius 1 is 1.38 bits per heavy atom. The Labute approximate surface area is 130 Å². The molecule has 116 valence electrons. The predicted molar refractivity (Wildman–Crippen MR) is 77.7 cm³/mol. The van der Waals surface area contributed by atoms with Crippen LogP contribution >= 0.6 is 15.9 Å². The molecule has 0 aromatic heterocycles. The third-order valence-corrected chi connectivity index (χ3v) is 5.41. The molecule has 0 amide bonds. The summed E-state index contributed by atoms with van der Waals surface area (Å²) in [5, 5.41) is 8.98. The maximum atomic E-state index is 12.2. The van der Waals surface area contributed by atoms with Gasteiger partial charge in [0, 0.05) is 11.0 Å². The number of ether oxygens (including phenoxy) is 1.